The minimum atomic E-state index is 0.819. The van der Waals surface area contributed by atoms with Gasteiger partial charge in [0.1, 0.15) is 0 Å². The third-order valence-electron chi connectivity index (χ3n) is 1.62. The van der Waals surface area contributed by atoms with Gasteiger partial charge in [-0.15, -0.1) is 0 Å². The molecule has 0 bridgehead atoms. The third kappa shape index (κ3) is 11.9. The average molecular weight is 189 g/mol. The maximum absolute atomic E-state index is 5.32. The molecule has 0 saturated heterocycles. The van der Waals surface area contributed by atoms with E-state index in [0.29, 0.717) is 0 Å². The first kappa shape index (κ1) is 12.9. The third-order valence-corrected chi connectivity index (χ3v) is 1.62. The molecule has 0 aliphatic carbocycles. The summed E-state index contributed by atoms with van der Waals surface area (Å²) in [7, 11) is 0. The lowest BCUT2D eigenvalue weighted by Gasteiger charge is -2.05. The molecule has 0 unspecified atom stereocenters. The second-order valence-electron chi connectivity index (χ2n) is 2.91. The SMILES string of the molecule is CCCOCCNCCCOCC. The van der Waals surface area contributed by atoms with Crippen molar-refractivity contribution in [1.29, 1.82) is 0 Å². The van der Waals surface area contributed by atoms with Crippen LogP contribution in [0.5, 0.6) is 0 Å². The number of ether oxygens (including phenoxy) is 2. The smallest absolute Gasteiger partial charge is 0.0590 e. The summed E-state index contributed by atoms with van der Waals surface area (Å²) in [6, 6.07) is 0. The van der Waals surface area contributed by atoms with Gasteiger partial charge in [0, 0.05) is 26.4 Å². The van der Waals surface area contributed by atoms with Gasteiger partial charge in [-0.1, -0.05) is 6.92 Å². The summed E-state index contributed by atoms with van der Waals surface area (Å²) in [5.41, 5.74) is 0. The Morgan fingerprint density at radius 2 is 1.77 bits per heavy atom. The van der Waals surface area contributed by atoms with Gasteiger partial charge >= 0.3 is 0 Å². The molecule has 0 aliphatic heterocycles. The summed E-state index contributed by atoms with van der Waals surface area (Å²) in [6.45, 7) is 9.49. The largest absolute Gasteiger partial charge is 0.382 e. The topological polar surface area (TPSA) is 30.5 Å². The van der Waals surface area contributed by atoms with Crippen LogP contribution >= 0.6 is 0 Å². The van der Waals surface area contributed by atoms with Crippen LogP contribution < -0.4 is 5.32 Å². The van der Waals surface area contributed by atoms with Crippen LogP contribution in [-0.4, -0.2) is 39.5 Å². The zero-order valence-corrected chi connectivity index (χ0v) is 8.97. The van der Waals surface area contributed by atoms with Crippen molar-refractivity contribution in [2.75, 3.05) is 39.5 Å². The van der Waals surface area contributed by atoms with Crippen molar-refractivity contribution in [3.63, 3.8) is 0 Å². The molecule has 3 nitrogen and oxygen atoms in total. The van der Waals surface area contributed by atoms with Gasteiger partial charge in [0.2, 0.25) is 0 Å². The second-order valence-corrected chi connectivity index (χ2v) is 2.91. The van der Waals surface area contributed by atoms with E-state index < -0.39 is 0 Å². The van der Waals surface area contributed by atoms with E-state index in [4.69, 9.17) is 9.47 Å². The monoisotopic (exact) mass is 189 g/mol. The van der Waals surface area contributed by atoms with Crippen LogP contribution in [0, 0.1) is 0 Å². The summed E-state index contributed by atoms with van der Waals surface area (Å²) >= 11 is 0. The van der Waals surface area contributed by atoms with Crippen LogP contribution in [0.2, 0.25) is 0 Å². The molecule has 0 aliphatic rings. The quantitative estimate of drug-likeness (QED) is 0.527. The standard InChI is InChI=1S/C10H23NO2/c1-3-8-13-10-7-11-6-5-9-12-4-2/h11H,3-10H2,1-2H3. The van der Waals surface area contributed by atoms with Crippen molar-refractivity contribution in [3.8, 4) is 0 Å². The van der Waals surface area contributed by atoms with Gasteiger partial charge in [0.15, 0.2) is 0 Å². The van der Waals surface area contributed by atoms with Crippen LogP contribution in [0.1, 0.15) is 26.7 Å². The van der Waals surface area contributed by atoms with Crippen LogP contribution in [0.25, 0.3) is 0 Å². The fourth-order valence-corrected chi connectivity index (χ4v) is 0.959. The van der Waals surface area contributed by atoms with E-state index in [2.05, 4.69) is 12.2 Å². The first-order valence-corrected chi connectivity index (χ1v) is 5.28. The first-order chi connectivity index (χ1) is 6.41. The molecule has 0 amide bonds. The number of hydrogen-bond donors (Lipinski definition) is 1. The fourth-order valence-electron chi connectivity index (χ4n) is 0.959. The van der Waals surface area contributed by atoms with E-state index in [9.17, 15) is 0 Å². The van der Waals surface area contributed by atoms with Crippen LogP contribution in [0.3, 0.4) is 0 Å². The van der Waals surface area contributed by atoms with Crippen molar-refractivity contribution >= 4 is 0 Å². The van der Waals surface area contributed by atoms with Crippen LogP contribution in [-0.2, 0) is 9.47 Å². The Labute approximate surface area is 81.8 Å². The molecule has 0 saturated carbocycles. The minimum absolute atomic E-state index is 0.819. The van der Waals surface area contributed by atoms with Gasteiger partial charge in [0.25, 0.3) is 0 Å². The molecule has 0 aromatic rings. The van der Waals surface area contributed by atoms with Crippen molar-refractivity contribution in [1.82, 2.24) is 5.32 Å². The molecule has 0 rings (SSSR count). The lowest BCUT2D eigenvalue weighted by Crippen LogP contribution is -2.22. The number of rotatable bonds is 10. The van der Waals surface area contributed by atoms with E-state index in [1.54, 1.807) is 0 Å². The highest BCUT2D eigenvalue weighted by Crippen LogP contribution is 1.81. The lowest BCUT2D eigenvalue weighted by molar-refractivity contribution is 0.131. The van der Waals surface area contributed by atoms with E-state index in [1.165, 1.54) is 0 Å². The van der Waals surface area contributed by atoms with E-state index in [-0.39, 0.29) is 0 Å². The summed E-state index contributed by atoms with van der Waals surface area (Å²) in [5, 5.41) is 3.30. The van der Waals surface area contributed by atoms with Crippen molar-refractivity contribution in [2.24, 2.45) is 0 Å². The van der Waals surface area contributed by atoms with Gasteiger partial charge in [-0.05, 0) is 26.3 Å². The maximum atomic E-state index is 5.32. The molecule has 3 heteroatoms. The molecule has 0 atom stereocenters. The van der Waals surface area contributed by atoms with E-state index >= 15 is 0 Å². The predicted molar refractivity (Wildman–Crippen MR) is 55.1 cm³/mol. The highest BCUT2D eigenvalue weighted by Gasteiger charge is 1.88. The molecule has 0 radical (unpaired) electrons. The van der Waals surface area contributed by atoms with Gasteiger partial charge in [0.05, 0.1) is 6.61 Å². The highest BCUT2D eigenvalue weighted by atomic mass is 16.5. The summed E-state index contributed by atoms with van der Waals surface area (Å²) in [6.07, 6.45) is 2.19. The second kappa shape index (κ2) is 11.9. The minimum Gasteiger partial charge on any atom is -0.382 e. The zero-order valence-electron chi connectivity index (χ0n) is 8.97. The van der Waals surface area contributed by atoms with Gasteiger partial charge < -0.3 is 14.8 Å². The Hall–Kier alpha value is -0.120. The fraction of sp³-hybridized carbons (Fsp3) is 1.00. The normalized spacial score (nSPS) is 10.6. The van der Waals surface area contributed by atoms with Crippen molar-refractivity contribution in [3.05, 3.63) is 0 Å². The molecule has 0 spiro atoms. The Kier molecular flexibility index (Phi) is 11.8. The van der Waals surface area contributed by atoms with Crippen molar-refractivity contribution in [2.45, 2.75) is 26.7 Å². The van der Waals surface area contributed by atoms with Gasteiger partial charge in [-0.3, -0.25) is 0 Å². The summed E-state index contributed by atoms with van der Waals surface area (Å²) < 4.78 is 10.5. The molecule has 1 N–H and O–H groups in total. The molecular formula is C10H23NO2. The molecule has 0 aromatic carbocycles. The Morgan fingerprint density at radius 1 is 0.923 bits per heavy atom. The molecule has 0 fully saturated rings. The van der Waals surface area contributed by atoms with E-state index in [0.717, 1.165) is 52.4 Å². The lowest BCUT2D eigenvalue weighted by atomic mass is 10.4. The highest BCUT2D eigenvalue weighted by molar-refractivity contribution is 4.46. The summed E-state index contributed by atoms with van der Waals surface area (Å²) in [4.78, 5) is 0. The molecule has 0 aromatic heterocycles. The maximum Gasteiger partial charge on any atom is 0.0590 e. The zero-order chi connectivity index (χ0) is 9.78. The predicted octanol–water partition coefficient (Wildman–Crippen LogP) is 1.43. The van der Waals surface area contributed by atoms with Gasteiger partial charge in [-0.2, -0.15) is 0 Å². The van der Waals surface area contributed by atoms with Gasteiger partial charge in [-0.25, -0.2) is 0 Å². The summed E-state index contributed by atoms with van der Waals surface area (Å²) in [5.74, 6) is 0. The molecular weight excluding hydrogens is 166 g/mol. The Balaban J connectivity index is 2.76. The number of nitrogens with one attached hydrogen (secondary N) is 1. The Bertz CT molecular complexity index is 79.0. The van der Waals surface area contributed by atoms with Crippen LogP contribution in [0.4, 0.5) is 0 Å². The first-order valence-electron chi connectivity index (χ1n) is 5.28. The van der Waals surface area contributed by atoms with E-state index in [1.807, 2.05) is 6.92 Å². The molecule has 13 heavy (non-hydrogen) atoms. The van der Waals surface area contributed by atoms with Crippen LogP contribution in [0.15, 0.2) is 0 Å². The molecule has 80 valence electrons. The number of hydrogen-bond acceptors (Lipinski definition) is 3. The van der Waals surface area contributed by atoms with Crippen molar-refractivity contribution < 1.29 is 9.47 Å². The molecule has 0 heterocycles. The average Bonchev–Trinajstić information content (AvgIpc) is 2.16. The Morgan fingerprint density at radius 3 is 2.46 bits per heavy atom.